The number of aliphatic hydroxyl groups is 2. The van der Waals surface area contributed by atoms with Gasteiger partial charge in [-0.2, -0.15) is 0 Å². The highest BCUT2D eigenvalue weighted by molar-refractivity contribution is 5.91. The fourth-order valence-corrected chi connectivity index (χ4v) is 1.85. The molecule has 1 aromatic carbocycles. The second kappa shape index (κ2) is 6.94. The highest BCUT2D eigenvalue weighted by Gasteiger charge is 2.31. The molecule has 0 saturated carbocycles. The molecule has 0 spiro atoms. The Balaban J connectivity index is 3.25. The summed E-state index contributed by atoms with van der Waals surface area (Å²) in [4.78, 5) is 21.3. The van der Waals surface area contributed by atoms with Gasteiger partial charge in [0.2, 0.25) is 0 Å². The Kier molecular flexibility index (Phi) is 5.56. The van der Waals surface area contributed by atoms with Crippen molar-refractivity contribution in [2.24, 2.45) is 0 Å². The van der Waals surface area contributed by atoms with E-state index in [0.29, 0.717) is 6.54 Å². The molecule has 0 radical (unpaired) electrons. The largest absolute Gasteiger partial charge is 0.478 e. The van der Waals surface area contributed by atoms with E-state index in [1.807, 2.05) is 0 Å². The summed E-state index contributed by atoms with van der Waals surface area (Å²) in [5, 5.41) is 42.6. The van der Waals surface area contributed by atoms with Gasteiger partial charge in [-0.3, -0.25) is 10.1 Å². The zero-order valence-corrected chi connectivity index (χ0v) is 10.8. The number of nitro groups is 1. The second-order valence-corrected chi connectivity index (χ2v) is 4.21. The maximum atomic E-state index is 11.1. The maximum absolute atomic E-state index is 11.1. The lowest BCUT2D eigenvalue weighted by molar-refractivity contribution is -0.386. The lowest BCUT2D eigenvalue weighted by atomic mass is 9.95. The van der Waals surface area contributed by atoms with Crippen LogP contribution in [-0.2, 0) is 0 Å². The van der Waals surface area contributed by atoms with Crippen LogP contribution in [-0.4, -0.2) is 45.9 Å². The van der Waals surface area contributed by atoms with Crippen molar-refractivity contribution in [1.29, 1.82) is 0 Å². The molecule has 1 rings (SSSR count). The molecule has 0 bridgehead atoms. The number of nitrogens with one attached hydrogen (secondary N) is 1. The summed E-state index contributed by atoms with van der Waals surface area (Å²) in [6.07, 6.45) is -2.82. The van der Waals surface area contributed by atoms with E-state index in [-0.39, 0.29) is 12.0 Å². The monoisotopic (exact) mass is 284 g/mol. The summed E-state index contributed by atoms with van der Waals surface area (Å²) < 4.78 is 0. The molecule has 0 amide bonds. The lowest BCUT2D eigenvalue weighted by Crippen LogP contribution is -2.25. The Morgan fingerprint density at radius 2 is 2.10 bits per heavy atom. The van der Waals surface area contributed by atoms with Crippen LogP contribution in [0.5, 0.6) is 0 Å². The first-order chi connectivity index (χ1) is 9.40. The second-order valence-electron chi connectivity index (χ2n) is 4.21. The standard InChI is InChI=1S/C12H16N2O6/c1-13-6-5-9(15)11(16)10-7(12(17)18)3-2-4-8(10)14(19)20/h2-4,9,11,13,15-16H,5-6H2,1H3,(H,17,18). The van der Waals surface area contributed by atoms with Gasteiger partial charge in [-0.1, -0.05) is 6.07 Å². The molecule has 8 nitrogen and oxygen atoms in total. The molecule has 110 valence electrons. The normalized spacial score (nSPS) is 13.8. The SMILES string of the molecule is CNCCC(O)C(O)c1c(C(=O)O)cccc1[N+](=O)[O-]. The molecule has 4 N–H and O–H groups in total. The predicted octanol–water partition coefficient (Wildman–Crippen LogP) is 0.297. The van der Waals surface area contributed by atoms with E-state index in [2.05, 4.69) is 5.32 Å². The molecule has 0 aliphatic carbocycles. The zero-order chi connectivity index (χ0) is 15.3. The number of nitrogens with zero attached hydrogens (tertiary/aromatic N) is 1. The Morgan fingerprint density at radius 3 is 2.60 bits per heavy atom. The third kappa shape index (κ3) is 3.50. The average molecular weight is 284 g/mol. The first kappa shape index (κ1) is 16.0. The van der Waals surface area contributed by atoms with Crippen LogP contribution < -0.4 is 5.32 Å². The Labute approximate surface area is 114 Å². The van der Waals surface area contributed by atoms with E-state index in [0.717, 1.165) is 12.1 Å². The van der Waals surface area contributed by atoms with Gasteiger partial charge < -0.3 is 20.6 Å². The van der Waals surface area contributed by atoms with Crippen LogP contribution in [0.4, 0.5) is 5.69 Å². The molecule has 0 saturated heterocycles. The molecule has 0 aromatic heterocycles. The van der Waals surface area contributed by atoms with Crippen molar-refractivity contribution >= 4 is 11.7 Å². The van der Waals surface area contributed by atoms with Crippen molar-refractivity contribution < 1.29 is 25.0 Å². The van der Waals surface area contributed by atoms with Gasteiger partial charge in [-0.15, -0.1) is 0 Å². The number of carbonyl (C=O) groups is 1. The van der Waals surface area contributed by atoms with Crippen LogP contribution >= 0.6 is 0 Å². The minimum Gasteiger partial charge on any atom is -0.478 e. The number of hydrogen-bond acceptors (Lipinski definition) is 6. The summed E-state index contributed by atoms with van der Waals surface area (Å²) in [5.41, 5.74) is -1.30. The van der Waals surface area contributed by atoms with Gasteiger partial charge in [-0.05, 0) is 26.1 Å². The lowest BCUT2D eigenvalue weighted by Gasteiger charge is -2.19. The van der Waals surface area contributed by atoms with Crippen molar-refractivity contribution in [2.45, 2.75) is 18.6 Å². The van der Waals surface area contributed by atoms with E-state index in [1.165, 1.54) is 6.07 Å². The van der Waals surface area contributed by atoms with Gasteiger partial charge in [0, 0.05) is 6.07 Å². The molecule has 0 aliphatic heterocycles. The van der Waals surface area contributed by atoms with Crippen molar-refractivity contribution in [3.05, 3.63) is 39.4 Å². The predicted molar refractivity (Wildman–Crippen MR) is 69.6 cm³/mol. The minimum atomic E-state index is -1.64. The Bertz CT molecular complexity index is 472. The van der Waals surface area contributed by atoms with Gasteiger partial charge in [0.25, 0.3) is 5.69 Å². The number of aliphatic hydroxyl groups excluding tert-OH is 2. The van der Waals surface area contributed by atoms with Crippen LogP contribution in [0.1, 0.15) is 28.4 Å². The number of rotatable bonds is 7. The summed E-state index contributed by atoms with van der Waals surface area (Å²) >= 11 is 0. The van der Waals surface area contributed by atoms with Crippen LogP contribution in [0.2, 0.25) is 0 Å². The zero-order valence-electron chi connectivity index (χ0n) is 10.8. The number of carboxylic acids is 1. The van der Waals surface area contributed by atoms with Gasteiger partial charge in [0.15, 0.2) is 0 Å². The summed E-state index contributed by atoms with van der Waals surface area (Å²) in [5.74, 6) is -1.40. The molecule has 0 fully saturated rings. The van der Waals surface area contributed by atoms with Crippen LogP contribution in [0.3, 0.4) is 0 Å². The first-order valence-corrected chi connectivity index (χ1v) is 5.91. The topological polar surface area (TPSA) is 133 Å². The summed E-state index contributed by atoms with van der Waals surface area (Å²) in [6, 6.07) is 3.46. The van der Waals surface area contributed by atoms with E-state index >= 15 is 0 Å². The van der Waals surface area contributed by atoms with Crippen molar-refractivity contribution in [3.8, 4) is 0 Å². The number of carboxylic acid groups (broad SMARTS) is 1. The molecule has 8 heteroatoms. The number of benzene rings is 1. The summed E-state index contributed by atoms with van der Waals surface area (Å²) in [6.45, 7) is 0.376. The maximum Gasteiger partial charge on any atom is 0.336 e. The molecule has 1 aromatic rings. The smallest absolute Gasteiger partial charge is 0.336 e. The molecule has 2 atom stereocenters. The van der Waals surface area contributed by atoms with Gasteiger partial charge in [-0.25, -0.2) is 4.79 Å². The molecular weight excluding hydrogens is 268 g/mol. The third-order valence-electron chi connectivity index (χ3n) is 2.86. The van der Waals surface area contributed by atoms with Crippen LogP contribution in [0.15, 0.2) is 18.2 Å². The molecule has 2 unspecified atom stereocenters. The van der Waals surface area contributed by atoms with Crippen molar-refractivity contribution in [1.82, 2.24) is 5.32 Å². The first-order valence-electron chi connectivity index (χ1n) is 5.91. The molecule has 20 heavy (non-hydrogen) atoms. The highest BCUT2D eigenvalue weighted by atomic mass is 16.6. The van der Waals surface area contributed by atoms with Crippen molar-refractivity contribution in [3.63, 3.8) is 0 Å². The summed E-state index contributed by atoms with van der Waals surface area (Å²) in [7, 11) is 1.65. The average Bonchev–Trinajstić information content (AvgIpc) is 2.42. The molecule has 0 aliphatic rings. The number of hydrogen-bond donors (Lipinski definition) is 4. The van der Waals surface area contributed by atoms with Crippen LogP contribution in [0.25, 0.3) is 0 Å². The minimum absolute atomic E-state index is 0.128. The third-order valence-corrected chi connectivity index (χ3v) is 2.86. The number of nitro benzene ring substituents is 1. The highest BCUT2D eigenvalue weighted by Crippen LogP contribution is 2.31. The Morgan fingerprint density at radius 1 is 1.45 bits per heavy atom. The van der Waals surface area contributed by atoms with E-state index in [9.17, 15) is 25.1 Å². The molecule has 0 heterocycles. The fourth-order valence-electron chi connectivity index (χ4n) is 1.85. The quantitative estimate of drug-likeness (QED) is 0.418. The van der Waals surface area contributed by atoms with Gasteiger partial charge in [0.05, 0.1) is 22.2 Å². The molecular formula is C12H16N2O6. The fraction of sp³-hybridized carbons (Fsp3) is 0.417. The van der Waals surface area contributed by atoms with E-state index < -0.39 is 34.4 Å². The van der Waals surface area contributed by atoms with Crippen molar-refractivity contribution in [2.75, 3.05) is 13.6 Å². The Hall–Kier alpha value is -2.03. The number of aromatic carboxylic acids is 1. The van der Waals surface area contributed by atoms with Gasteiger partial charge >= 0.3 is 5.97 Å². The van der Waals surface area contributed by atoms with Gasteiger partial charge in [0.1, 0.15) is 6.10 Å². The van der Waals surface area contributed by atoms with Crippen LogP contribution in [0, 0.1) is 10.1 Å². The van der Waals surface area contributed by atoms with E-state index in [1.54, 1.807) is 7.05 Å². The van der Waals surface area contributed by atoms with E-state index in [4.69, 9.17) is 5.11 Å².